The number of pyridine rings is 1. The third-order valence-electron chi connectivity index (χ3n) is 3.36. The van der Waals surface area contributed by atoms with E-state index < -0.39 is 0 Å². The number of carbonyl (C=O) groups is 1. The molecule has 1 saturated carbocycles. The molecule has 0 aliphatic heterocycles. The maximum Gasteiger partial charge on any atom is 0.270 e. The van der Waals surface area contributed by atoms with Crippen molar-refractivity contribution >= 4 is 37.8 Å². The van der Waals surface area contributed by atoms with Crippen LogP contribution in [0.3, 0.4) is 0 Å². The smallest absolute Gasteiger partial charge is 0.270 e. The molecule has 1 aliphatic rings. The van der Waals surface area contributed by atoms with E-state index in [2.05, 4.69) is 42.2 Å². The predicted molar refractivity (Wildman–Crippen MR) is 78.9 cm³/mol. The van der Waals surface area contributed by atoms with Crippen molar-refractivity contribution in [2.75, 3.05) is 5.33 Å². The zero-order valence-corrected chi connectivity index (χ0v) is 13.2. The Balaban J connectivity index is 1.86. The highest BCUT2D eigenvalue weighted by Gasteiger charge is 2.22. The molecule has 98 valence electrons. The van der Waals surface area contributed by atoms with Crippen LogP contribution in [0.1, 0.15) is 36.2 Å². The quantitative estimate of drug-likeness (QED) is 0.821. The highest BCUT2D eigenvalue weighted by molar-refractivity contribution is 9.10. The maximum absolute atomic E-state index is 12.0. The van der Waals surface area contributed by atoms with Crippen molar-refractivity contribution in [3.8, 4) is 0 Å². The average Bonchev–Trinajstić information content (AvgIpc) is 2.40. The van der Waals surface area contributed by atoms with Crippen molar-refractivity contribution in [3.63, 3.8) is 0 Å². The lowest BCUT2D eigenvalue weighted by molar-refractivity contribution is 0.0918. The van der Waals surface area contributed by atoms with Crippen LogP contribution in [0.15, 0.2) is 22.8 Å². The van der Waals surface area contributed by atoms with Gasteiger partial charge in [0.1, 0.15) is 5.69 Å². The molecule has 1 fully saturated rings. The van der Waals surface area contributed by atoms with Gasteiger partial charge in [0.25, 0.3) is 5.91 Å². The fourth-order valence-electron chi connectivity index (χ4n) is 2.23. The highest BCUT2D eigenvalue weighted by atomic mass is 79.9. The fraction of sp³-hybridized carbons (Fsp3) is 0.538. The van der Waals surface area contributed by atoms with E-state index in [4.69, 9.17) is 0 Å². The van der Waals surface area contributed by atoms with Crippen LogP contribution in [-0.4, -0.2) is 22.3 Å². The number of alkyl halides is 1. The van der Waals surface area contributed by atoms with Gasteiger partial charge in [-0.2, -0.15) is 0 Å². The van der Waals surface area contributed by atoms with Gasteiger partial charge < -0.3 is 5.32 Å². The van der Waals surface area contributed by atoms with Crippen LogP contribution in [-0.2, 0) is 0 Å². The first-order chi connectivity index (χ1) is 8.69. The number of hydrogen-bond donors (Lipinski definition) is 1. The number of nitrogens with zero attached hydrogens (tertiary/aromatic N) is 1. The number of carbonyl (C=O) groups excluding carboxylic acids is 1. The summed E-state index contributed by atoms with van der Waals surface area (Å²) in [5.74, 6) is 0.703. The summed E-state index contributed by atoms with van der Waals surface area (Å²) in [6.07, 6.45) is 6.15. The van der Waals surface area contributed by atoms with Gasteiger partial charge in [-0.05, 0) is 59.7 Å². The van der Waals surface area contributed by atoms with Crippen LogP contribution >= 0.6 is 31.9 Å². The molecule has 0 saturated heterocycles. The Bertz CT molecular complexity index is 400. The summed E-state index contributed by atoms with van der Waals surface area (Å²) in [6.45, 7) is 0. The van der Waals surface area contributed by atoms with E-state index in [1.165, 1.54) is 12.8 Å². The van der Waals surface area contributed by atoms with Crippen molar-refractivity contribution < 1.29 is 4.79 Å². The number of amides is 1. The summed E-state index contributed by atoms with van der Waals surface area (Å²) >= 11 is 6.83. The molecule has 1 heterocycles. The van der Waals surface area contributed by atoms with Gasteiger partial charge in [0, 0.05) is 22.0 Å². The van der Waals surface area contributed by atoms with Crippen LogP contribution in [0.4, 0.5) is 0 Å². The predicted octanol–water partition coefficient (Wildman–Crippen LogP) is 3.53. The minimum Gasteiger partial charge on any atom is -0.348 e. The molecular formula is C13H16Br2N2O. The Hall–Kier alpha value is -0.420. The first-order valence-corrected chi connectivity index (χ1v) is 8.09. The van der Waals surface area contributed by atoms with Gasteiger partial charge in [-0.15, -0.1) is 0 Å². The Kier molecular flexibility index (Phi) is 5.18. The summed E-state index contributed by atoms with van der Waals surface area (Å²) < 4.78 is 0.886. The van der Waals surface area contributed by atoms with Gasteiger partial charge in [0.05, 0.1) is 0 Å². The Labute approximate surface area is 124 Å². The zero-order valence-electron chi connectivity index (χ0n) is 10.0. The standard InChI is InChI=1S/C13H16Br2N2O/c14-7-9-1-4-11(5-2-9)17-13(18)12-6-3-10(15)8-16-12/h3,6,8-9,11H,1-2,4-5,7H2,(H,17,18). The SMILES string of the molecule is O=C(NC1CCC(CBr)CC1)c1ccc(Br)cn1. The fourth-order valence-corrected chi connectivity index (χ4v) is 3.11. The molecule has 3 nitrogen and oxygen atoms in total. The Morgan fingerprint density at radius 2 is 2.06 bits per heavy atom. The first kappa shape index (κ1) is 14.0. The number of hydrogen-bond acceptors (Lipinski definition) is 2. The number of halogens is 2. The van der Waals surface area contributed by atoms with Gasteiger partial charge in [0.2, 0.25) is 0 Å². The van der Waals surface area contributed by atoms with E-state index in [9.17, 15) is 4.79 Å². The Morgan fingerprint density at radius 3 is 2.61 bits per heavy atom. The number of rotatable bonds is 3. The van der Waals surface area contributed by atoms with Crippen LogP contribution in [0.5, 0.6) is 0 Å². The molecule has 1 aromatic rings. The van der Waals surface area contributed by atoms with Crippen LogP contribution < -0.4 is 5.32 Å². The van der Waals surface area contributed by atoms with Crippen molar-refractivity contribution in [2.24, 2.45) is 5.92 Å². The molecule has 0 bridgehead atoms. The number of aromatic nitrogens is 1. The second kappa shape index (κ2) is 6.66. The molecule has 1 aliphatic carbocycles. The van der Waals surface area contributed by atoms with Crippen molar-refractivity contribution in [1.29, 1.82) is 0 Å². The number of nitrogens with one attached hydrogen (secondary N) is 1. The van der Waals surface area contributed by atoms with Crippen LogP contribution in [0, 0.1) is 5.92 Å². The molecule has 1 N–H and O–H groups in total. The van der Waals surface area contributed by atoms with Gasteiger partial charge >= 0.3 is 0 Å². The van der Waals surface area contributed by atoms with Crippen LogP contribution in [0.25, 0.3) is 0 Å². The lowest BCUT2D eigenvalue weighted by atomic mass is 9.87. The van der Waals surface area contributed by atoms with E-state index in [0.717, 1.165) is 28.6 Å². The minimum absolute atomic E-state index is 0.0650. The molecule has 18 heavy (non-hydrogen) atoms. The monoisotopic (exact) mass is 374 g/mol. The lowest BCUT2D eigenvalue weighted by Crippen LogP contribution is -2.38. The molecule has 1 aromatic heterocycles. The summed E-state index contributed by atoms with van der Waals surface area (Å²) in [5, 5.41) is 4.14. The molecular weight excluding hydrogens is 360 g/mol. The van der Waals surface area contributed by atoms with E-state index in [-0.39, 0.29) is 5.91 Å². The second-order valence-corrected chi connectivity index (χ2v) is 6.27. The van der Waals surface area contributed by atoms with E-state index in [0.29, 0.717) is 11.7 Å². The highest BCUT2D eigenvalue weighted by Crippen LogP contribution is 2.25. The van der Waals surface area contributed by atoms with Gasteiger partial charge in [0.15, 0.2) is 0 Å². The van der Waals surface area contributed by atoms with Gasteiger partial charge in [-0.1, -0.05) is 15.9 Å². The molecule has 5 heteroatoms. The summed E-state index contributed by atoms with van der Waals surface area (Å²) in [4.78, 5) is 16.1. The molecule has 1 amide bonds. The van der Waals surface area contributed by atoms with E-state index in [1.54, 1.807) is 12.3 Å². The van der Waals surface area contributed by atoms with Crippen molar-refractivity contribution in [2.45, 2.75) is 31.7 Å². The van der Waals surface area contributed by atoms with Crippen LogP contribution in [0.2, 0.25) is 0 Å². The summed E-state index contributed by atoms with van der Waals surface area (Å²) in [6, 6.07) is 3.88. The minimum atomic E-state index is -0.0650. The summed E-state index contributed by atoms with van der Waals surface area (Å²) in [5.41, 5.74) is 0.487. The maximum atomic E-state index is 12.0. The van der Waals surface area contributed by atoms with Crippen molar-refractivity contribution in [1.82, 2.24) is 10.3 Å². The van der Waals surface area contributed by atoms with Crippen molar-refractivity contribution in [3.05, 3.63) is 28.5 Å². The van der Waals surface area contributed by atoms with E-state index in [1.807, 2.05) is 6.07 Å². The molecule has 0 unspecified atom stereocenters. The topological polar surface area (TPSA) is 42.0 Å². The summed E-state index contributed by atoms with van der Waals surface area (Å²) in [7, 11) is 0. The largest absolute Gasteiger partial charge is 0.348 e. The Morgan fingerprint density at radius 1 is 1.33 bits per heavy atom. The second-order valence-electron chi connectivity index (χ2n) is 4.71. The lowest BCUT2D eigenvalue weighted by Gasteiger charge is -2.27. The third-order valence-corrected chi connectivity index (χ3v) is 4.74. The third kappa shape index (κ3) is 3.79. The molecule has 0 radical (unpaired) electrons. The average molecular weight is 376 g/mol. The normalized spacial score (nSPS) is 23.7. The van der Waals surface area contributed by atoms with Gasteiger partial charge in [-0.25, -0.2) is 4.98 Å². The zero-order chi connectivity index (χ0) is 13.0. The molecule has 0 atom stereocenters. The van der Waals surface area contributed by atoms with E-state index >= 15 is 0 Å². The molecule has 0 aromatic carbocycles. The molecule has 2 rings (SSSR count). The van der Waals surface area contributed by atoms with Gasteiger partial charge in [-0.3, -0.25) is 4.79 Å². The first-order valence-electron chi connectivity index (χ1n) is 6.17. The molecule has 0 spiro atoms.